The number of aryl methyl sites for hydroxylation is 1. The van der Waals surface area contributed by atoms with E-state index in [1.165, 1.54) is 12.3 Å². The molecule has 0 amide bonds. The molecule has 0 saturated carbocycles. The van der Waals surface area contributed by atoms with E-state index in [0.717, 1.165) is 23.3 Å². The normalized spacial score (nSPS) is 18.5. The Kier molecular flexibility index (Phi) is 9.06. The monoisotopic (exact) mass is 543 g/mol. The van der Waals surface area contributed by atoms with E-state index in [9.17, 15) is 17.6 Å². The number of allylic oxidation sites excluding steroid dienone is 1. The van der Waals surface area contributed by atoms with Crippen LogP contribution in [0, 0.1) is 5.92 Å². The number of aliphatic imine (C=N–C) groups is 1. The Morgan fingerprint density at radius 1 is 1.18 bits per heavy atom. The number of morpholine rings is 1. The van der Waals surface area contributed by atoms with Crippen LogP contribution < -0.4 is 10.7 Å². The minimum absolute atomic E-state index is 0.0539. The largest absolute Gasteiger partial charge is 0.416 e. The van der Waals surface area contributed by atoms with Gasteiger partial charge < -0.3 is 15.0 Å². The molecule has 4 rings (SSSR count). The van der Waals surface area contributed by atoms with Crippen LogP contribution in [0.3, 0.4) is 0 Å². The topological polar surface area (TPSA) is 61.2 Å². The molecule has 0 radical (unpaired) electrons. The zero-order valence-electron chi connectivity index (χ0n) is 22.2. The Bertz CT molecular complexity index is 1280. The third kappa shape index (κ3) is 7.47. The van der Waals surface area contributed by atoms with Crippen LogP contribution in [0.25, 0.3) is 0 Å². The number of amidine groups is 1. The van der Waals surface area contributed by atoms with Gasteiger partial charge in [0.05, 0.1) is 36.4 Å². The predicted molar refractivity (Wildman–Crippen MR) is 147 cm³/mol. The maximum Gasteiger partial charge on any atom is 0.416 e. The van der Waals surface area contributed by atoms with Crippen molar-refractivity contribution in [1.29, 1.82) is 0 Å². The summed E-state index contributed by atoms with van der Waals surface area (Å²) in [4.78, 5) is 6.22. The van der Waals surface area contributed by atoms with Gasteiger partial charge in [-0.05, 0) is 53.8 Å². The number of benzene rings is 2. The Labute approximate surface area is 226 Å². The van der Waals surface area contributed by atoms with Crippen LogP contribution in [0.4, 0.5) is 28.9 Å². The highest BCUT2D eigenvalue weighted by atomic mass is 19.4. The Hall–Kier alpha value is -3.66. The Morgan fingerprint density at radius 3 is 2.72 bits per heavy atom. The number of alkyl halides is 3. The minimum Gasteiger partial charge on any atom is -0.374 e. The molecule has 2 aromatic rings. The lowest BCUT2D eigenvalue weighted by Crippen LogP contribution is -2.44. The van der Waals surface area contributed by atoms with Crippen molar-refractivity contribution in [2.24, 2.45) is 16.0 Å². The number of anilines is 2. The summed E-state index contributed by atoms with van der Waals surface area (Å²) in [6, 6.07) is 10.6. The van der Waals surface area contributed by atoms with Gasteiger partial charge in [0, 0.05) is 30.9 Å². The lowest BCUT2D eigenvalue weighted by molar-refractivity contribution is -0.137. The molecule has 0 spiro atoms. The highest BCUT2D eigenvalue weighted by Gasteiger charge is 2.30. The molecule has 2 heterocycles. The molecule has 2 aliphatic heterocycles. The zero-order valence-corrected chi connectivity index (χ0v) is 22.2. The van der Waals surface area contributed by atoms with Gasteiger partial charge in [0.2, 0.25) is 0 Å². The Balaban J connectivity index is 1.40. The zero-order chi connectivity index (χ0) is 28.0. The highest BCUT2D eigenvalue weighted by Crippen LogP contribution is 2.31. The minimum atomic E-state index is -4.40. The molecular formula is C29H33F4N5O. The molecule has 1 saturated heterocycles. The number of hydrazone groups is 1. The van der Waals surface area contributed by atoms with Crippen molar-refractivity contribution in [3.63, 3.8) is 0 Å². The molecule has 1 fully saturated rings. The molecule has 10 heteroatoms. The number of ether oxygens (including phenoxy) is 1. The smallest absolute Gasteiger partial charge is 0.374 e. The van der Waals surface area contributed by atoms with Crippen LogP contribution in [0.15, 0.2) is 76.4 Å². The molecule has 2 N–H and O–H groups in total. The molecule has 2 aromatic carbocycles. The van der Waals surface area contributed by atoms with E-state index in [-0.39, 0.29) is 6.10 Å². The number of hydrogen-bond acceptors (Lipinski definition) is 6. The van der Waals surface area contributed by atoms with E-state index >= 15 is 0 Å². The summed E-state index contributed by atoms with van der Waals surface area (Å²) in [5.74, 6) is 0.454. The fourth-order valence-corrected chi connectivity index (χ4v) is 4.43. The fraction of sp³-hybridized carbons (Fsp3) is 0.379. The fourth-order valence-electron chi connectivity index (χ4n) is 4.43. The number of hydrogen-bond donors (Lipinski definition) is 2. The van der Waals surface area contributed by atoms with Gasteiger partial charge in [-0.25, -0.2) is 9.38 Å². The van der Waals surface area contributed by atoms with Gasteiger partial charge in [-0.15, -0.1) is 0 Å². The summed E-state index contributed by atoms with van der Waals surface area (Å²) in [6.07, 6.45) is 1.41. The average molecular weight is 544 g/mol. The van der Waals surface area contributed by atoms with E-state index in [2.05, 4.69) is 34.7 Å². The summed E-state index contributed by atoms with van der Waals surface area (Å²) in [7, 11) is 0. The van der Waals surface area contributed by atoms with E-state index in [1.54, 1.807) is 18.3 Å². The van der Waals surface area contributed by atoms with E-state index in [0.29, 0.717) is 61.4 Å². The average Bonchev–Trinajstić information content (AvgIpc) is 3.10. The second kappa shape index (κ2) is 12.5. The molecule has 0 aliphatic carbocycles. The van der Waals surface area contributed by atoms with Gasteiger partial charge in [-0.2, -0.15) is 18.3 Å². The maximum atomic E-state index is 14.8. The van der Waals surface area contributed by atoms with Gasteiger partial charge in [0.15, 0.2) is 5.83 Å². The molecule has 0 aromatic heterocycles. The second-order valence-corrected chi connectivity index (χ2v) is 9.79. The standard InChI is InChI=1S/C29H33F4N5O/c1-4-20-14-24(36-23-7-5-6-22(15-23)29(31,32)33)9-8-21(20)16-35-37-28-11-10-26(25(30)17-34-28)38-12-13-39-27(18-38)19(2)3/h5-10,14-17,19,27,36H,4,11-13,18H2,1-3H3,(H,34,37)/b35-16+. The molecule has 39 heavy (non-hydrogen) atoms. The second-order valence-electron chi connectivity index (χ2n) is 9.79. The number of halogens is 4. The van der Waals surface area contributed by atoms with Crippen LogP contribution in [-0.2, 0) is 17.3 Å². The molecule has 1 unspecified atom stereocenters. The van der Waals surface area contributed by atoms with Gasteiger partial charge in [0.1, 0.15) is 5.84 Å². The number of nitrogens with zero attached hydrogens (tertiary/aromatic N) is 3. The number of rotatable bonds is 7. The summed E-state index contributed by atoms with van der Waals surface area (Å²) in [5, 5.41) is 7.34. The third-order valence-electron chi connectivity index (χ3n) is 6.64. The van der Waals surface area contributed by atoms with Crippen molar-refractivity contribution >= 4 is 23.4 Å². The van der Waals surface area contributed by atoms with Crippen molar-refractivity contribution < 1.29 is 22.3 Å². The lowest BCUT2D eigenvalue weighted by atomic mass is 10.0. The van der Waals surface area contributed by atoms with Gasteiger partial charge >= 0.3 is 6.18 Å². The van der Waals surface area contributed by atoms with Crippen molar-refractivity contribution in [3.05, 3.63) is 83.0 Å². The molecular weight excluding hydrogens is 510 g/mol. The summed E-state index contributed by atoms with van der Waals surface area (Å²) in [6.45, 7) is 7.97. The molecule has 0 bridgehead atoms. The quantitative estimate of drug-likeness (QED) is 0.229. The lowest BCUT2D eigenvalue weighted by Gasteiger charge is -2.37. The van der Waals surface area contributed by atoms with E-state index in [1.807, 2.05) is 30.0 Å². The molecule has 6 nitrogen and oxygen atoms in total. The summed E-state index contributed by atoms with van der Waals surface area (Å²) in [5.41, 5.74) is 5.55. The van der Waals surface area contributed by atoms with Gasteiger partial charge in [-0.3, -0.25) is 5.43 Å². The van der Waals surface area contributed by atoms with Crippen LogP contribution >= 0.6 is 0 Å². The van der Waals surface area contributed by atoms with Crippen LogP contribution in [0.1, 0.15) is 43.9 Å². The molecule has 2 aliphatic rings. The molecule has 208 valence electrons. The van der Waals surface area contributed by atoms with Crippen LogP contribution in [0.5, 0.6) is 0 Å². The van der Waals surface area contributed by atoms with Crippen molar-refractivity contribution in [2.75, 3.05) is 25.0 Å². The first kappa shape index (κ1) is 28.4. The van der Waals surface area contributed by atoms with Crippen LogP contribution in [0.2, 0.25) is 0 Å². The van der Waals surface area contributed by atoms with Crippen molar-refractivity contribution in [1.82, 2.24) is 10.3 Å². The summed E-state index contributed by atoms with van der Waals surface area (Å²) < 4.78 is 59.7. The first-order valence-electron chi connectivity index (χ1n) is 13.0. The van der Waals surface area contributed by atoms with Gasteiger partial charge in [0.25, 0.3) is 0 Å². The van der Waals surface area contributed by atoms with E-state index < -0.39 is 17.6 Å². The first-order valence-corrected chi connectivity index (χ1v) is 13.0. The van der Waals surface area contributed by atoms with Crippen LogP contribution in [-0.4, -0.2) is 42.8 Å². The first-order chi connectivity index (χ1) is 18.6. The van der Waals surface area contributed by atoms with Crippen molar-refractivity contribution in [3.8, 4) is 0 Å². The van der Waals surface area contributed by atoms with Gasteiger partial charge in [-0.1, -0.05) is 39.0 Å². The highest BCUT2D eigenvalue weighted by molar-refractivity contribution is 5.88. The predicted octanol–water partition coefficient (Wildman–Crippen LogP) is 6.79. The SMILES string of the molecule is CCc1cc(Nc2cccc(C(F)(F)F)c2)ccc1/C=N/NC1=NC=C(F)C(N2CCOC(C(C)C)C2)=CC1. The third-order valence-corrected chi connectivity index (χ3v) is 6.64. The molecule has 1 atom stereocenters. The number of nitrogens with one attached hydrogen (secondary N) is 2. The Morgan fingerprint density at radius 2 is 1.97 bits per heavy atom. The maximum absolute atomic E-state index is 14.8. The van der Waals surface area contributed by atoms with E-state index in [4.69, 9.17) is 4.74 Å². The van der Waals surface area contributed by atoms with Crippen molar-refractivity contribution in [2.45, 2.75) is 45.9 Å². The summed E-state index contributed by atoms with van der Waals surface area (Å²) >= 11 is 0.